The number of hydrogen-bond donors (Lipinski definition) is 1. The van der Waals surface area contributed by atoms with Gasteiger partial charge in [-0.05, 0) is 74.0 Å². The summed E-state index contributed by atoms with van der Waals surface area (Å²) in [6, 6.07) is 0. The van der Waals surface area contributed by atoms with Crippen LogP contribution in [0.4, 0.5) is 0 Å². The fraction of sp³-hybridized carbons (Fsp3) is 1.00. The van der Waals surface area contributed by atoms with Crippen molar-refractivity contribution in [3.8, 4) is 0 Å². The lowest BCUT2D eigenvalue weighted by Gasteiger charge is -2.73. The SMILES string of the molecule is COC12CC3C4CC5(O)CC3C(C1)C(C5)C4C2. The van der Waals surface area contributed by atoms with Crippen LogP contribution in [0.3, 0.4) is 0 Å². The smallest absolute Gasteiger partial charge is 0.0687 e. The number of aliphatic hydroxyl groups is 1. The van der Waals surface area contributed by atoms with Crippen molar-refractivity contribution >= 4 is 0 Å². The van der Waals surface area contributed by atoms with Crippen LogP contribution in [-0.2, 0) is 4.74 Å². The Kier molecular flexibility index (Phi) is 1.50. The highest BCUT2D eigenvalue weighted by Crippen LogP contribution is 2.73. The van der Waals surface area contributed by atoms with Crippen molar-refractivity contribution in [1.29, 1.82) is 0 Å². The number of ether oxygens (including phenoxy) is 1. The van der Waals surface area contributed by atoms with Gasteiger partial charge < -0.3 is 9.84 Å². The Hall–Kier alpha value is -0.0800. The van der Waals surface area contributed by atoms with Crippen molar-refractivity contribution in [3.05, 3.63) is 0 Å². The van der Waals surface area contributed by atoms with Crippen LogP contribution < -0.4 is 0 Å². The van der Waals surface area contributed by atoms with Gasteiger partial charge in [0.15, 0.2) is 0 Å². The first-order valence-corrected chi connectivity index (χ1v) is 7.41. The Morgan fingerprint density at radius 2 is 1.12 bits per heavy atom. The van der Waals surface area contributed by atoms with Gasteiger partial charge in [-0.25, -0.2) is 0 Å². The molecule has 7 rings (SSSR count). The van der Waals surface area contributed by atoms with E-state index in [0.717, 1.165) is 54.8 Å². The summed E-state index contributed by atoms with van der Waals surface area (Å²) in [6.07, 6.45) is 7.24. The zero-order valence-corrected chi connectivity index (χ0v) is 10.6. The van der Waals surface area contributed by atoms with Crippen LogP contribution in [0.2, 0.25) is 0 Å². The fourth-order valence-electron chi connectivity index (χ4n) is 7.08. The van der Waals surface area contributed by atoms with Crippen LogP contribution in [0.5, 0.6) is 0 Å². The highest BCUT2D eigenvalue weighted by molar-refractivity contribution is 5.20. The number of rotatable bonds is 1. The maximum Gasteiger partial charge on any atom is 0.0687 e. The predicted molar refractivity (Wildman–Crippen MR) is 63.3 cm³/mol. The quantitative estimate of drug-likeness (QED) is 0.753. The van der Waals surface area contributed by atoms with Gasteiger partial charge in [-0.1, -0.05) is 0 Å². The Bertz CT molecular complexity index is 325. The molecule has 0 unspecified atom stereocenters. The molecule has 0 radical (unpaired) electrons. The molecule has 0 aromatic heterocycles. The van der Waals surface area contributed by atoms with Crippen LogP contribution in [0.1, 0.15) is 38.5 Å². The molecule has 1 N–H and O–H groups in total. The van der Waals surface area contributed by atoms with E-state index < -0.39 is 0 Å². The van der Waals surface area contributed by atoms with Crippen molar-refractivity contribution in [2.45, 2.75) is 49.7 Å². The van der Waals surface area contributed by atoms with E-state index in [2.05, 4.69) is 0 Å². The van der Waals surface area contributed by atoms with Gasteiger partial charge in [0.25, 0.3) is 0 Å². The minimum absolute atomic E-state index is 0.246. The third-order valence-electron chi connectivity index (χ3n) is 7.40. The van der Waals surface area contributed by atoms with Crippen LogP contribution in [0, 0.1) is 35.5 Å². The highest BCUT2D eigenvalue weighted by Gasteiger charge is 2.70. The van der Waals surface area contributed by atoms with Gasteiger partial charge in [-0.2, -0.15) is 0 Å². The maximum absolute atomic E-state index is 10.7. The summed E-state index contributed by atoms with van der Waals surface area (Å²) >= 11 is 0. The second-order valence-electron chi connectivity index (χ2n) is 7.82. The van der Waals surface area contributed by atoms with Gasteiger partial charge in [-0.15, -0.1) is 0 Å². The molecule has 2 nitrogen and oxygen atoms in total. The minimum atomic E-state index is -0.256. The molecule has 8 bridgehead atoms. The molecule has 0 amide bonds. The molecule has 17 heavy (non-hydrogen) atoms. The molecule has 0 spiro atoms. The lowest BCUT2D eigenvalue weighted by molar-refractivity contribution is -0.294. The molecule has 94 valence electrons. The lowest BCUT2D eigenvalue weighted by Crippen LogP contribution is -2.71. The molecule has 7 aliphatic carbocycles. The second-order valence-corrected chi connectivity index (χ2v) is 7.82. The molecule has 7 fully saturated rings. The zero-order valence-electron chi connectivity index (χ0n) is 10.6. The Morgan fingerprint density at radius 3 is 1.47 bits per heavy atom. The first kappa shape index (κ1) is 9.80. The molecule has 7 saturated carbocycles. The summed E-state index contributed by atoms with van der Waals surface area (Å²) in [7, 11) is 1.93. The Morgan fingerprint density at radius 1 is 0.765 bits per heavy atom. The van der Waals surface area contributed by atoms with E-state index in [4.69, 9.17) is 4.74 Å². The van der Waals surface area contributed by atoms with Crippen molar-refractivity contribution in [2.24, 2.45) is 35.5 Å². The summed E-state index contributed by atoms with van der Waals surface area (Å²) in [4.78, 5) is 0. The van der Waals surface area contributed by atoms with Crippen LogP contribution >= 0.6 is 0 Å². The average Bonchev–Trinajstić information content (AvgIpc) is 2.33. The highest BCUT2D eigenvalue weighted by atomic mass is 16.5. The third kappa shape index (κ3) is 0.952. The molecule has 0 atom stereocenters. The van der Waals surface area contributed by atoms with Gasteiger partial charge in [0.1, 0.15) is 0 Å². The topological polar surface area (TPSA) is 29.5 Å². The monoisotopic (exact) mass is 234 g/mol. The van der Waals surface area contributed by atoms with E-state index in [-0.39, 0.29) is 11.2 Å². The molecule has 0 saturated heterocycles. The number of methoxy groups -OCH3 is 1. The Labute approximate surface area is 103 Å². The minimum Gasteiger partial charge on any atom is -0.390 e. The molecule has 2 heteroatoms. The van der Waals surface area contributed by atoms with Crippen molar-refractivity contribution in [1.82, 2.24) is 0 Å². The summed E-state index contributed by atoms with van der Waals surface area (Å²) in [6.45, 7) is 0. The standard InChI is InChI=1S/C15H22O2/c1-17-15-5-11-8-2-14(16)3-9(11)13(7-15)10(4-14)12(8)6-15/h8-13,16H,2-7H2,1H3. The van der Waals surface area contributed by atoms with Crippen molar-refractivity contribution in [2.75, 3.05) is 7.11 Å². The zero-order chi connectivity index (χ0) is 11.4. The Balaban J connectivity index is 1.64. The molecular weight excluding hydrogens is 212 g/mol. The molecule has 0 aromatic rings. The van der Waals surface area contributed by atoms with E-state index in [1.807, 2.05) is 7.11 Å². The lowest BCUT2D eigenvalue weighted by atomic mass is 9.34. The van der Waals surface area contributed by atoms with Crippen LogP contribution in [0.25, 0.3) is 0 Å². The van der Waals surface area contributed by atoms with Gasteiger partial charge in [0.2, 0.25) is 0 Å². The summed E-state index contributed by atoms with van der Waals surface area (Å²) in [5.74, 6) is 5.21. The number of hydrogen-bond acceptors (Lipinski definition) is 2. The third-order valence-corrected chi connectivity index (χ3v) is 7.40. The molecule has 0 aromatic carbocycles. The molecule has 0 heterocycles. The van der Waals surface area contributed by atoms with E-state index in [9.17, 15) is 5.11 Å². The van der Waals surface area contributed by atoms with E-state index in [1.54, 1.807) is 0 Å². The summed E-state index contributed by atoms with van der Waals surface area (Å²) in [5.41, 5.74) is -0.00971. The van der Waals surface area contributed by atoms with Gasteiger partial charge >= 0.3 is 0 Å². The van der Waals surface area contributed by atoms with E-state index >= 15 is 0 Å². The van der Waals surface area contributed by atoms with E-state index in [1.165, 1.54) is 19.3 Å². The first-order chi connectivity index (χ1) is 8.13. The predicted octanol–water partition coefficient (Wildman–Crippen LogP) is 2.21. The summed E-state index contributed by atoms with van der Waals surface area (Å²) < 4.78 is 5.94. The second kappa shape index (κ2) is 2.60. The fourth-order valence-corrected chi connectivity index (χ4v) is 7.08. The van der Waals surface area contributed by atoms with Gasteiger partial charge in [0, 0.05) is 7.11 Å². The normalized spacial score (nSPS) is 70.2. The van der Waals surface area contributed by atoms with Gasteiger partial charge in [-0.3, -0.25) is 0 Å². The van der Waals surface area contributed by atoms with E-state index in [0.29, 0.717) is 0 Å². The van der Waals surface area contributed by atoms with Crippen LogP contribution in [-0.4, -0.2) is 23.4 Å². The maximum atomic E-state index is 10.7. The average molecular weight is 234 g/mol. The first-order valence-electron chi connectivity index (χ1n) is 7.41. The largest absolute Gasteiger partial charge is 0.390 e. The molecule has 0 aliphatic heterocycles. The van der Waals surface area contributed by atoms with Gasteiger partial charge in [0.05, 0.1) is 11.2 Å². The van der Waals surface area contributed by atoms with Crippen molar-refractivity contribution in [3.63, 3.8) is 0 Å². The summed E-state index contributed by atoms with van der Waals surface area (Å²) in [5, 5.41) is 10.7. The van der Waals surface area contributed by atoms with Crippen molar-refractivity contribution < 1.29 is 9.84 Å². The molecule has 7 aliphatic rings. The molecular formula is C15H22O2. The van der Waals surface area contributed by atoms with Crippen LogP contribution in [0.15, 0.2) is 0 Å².